The molecule has 1 aromatic carbocycles. The van der Waals surface area contributed by atoms with E-state index in [1.165, 1.54) is 5.56 Å². The number of aryl methyl sites for hydroxylation is 3. The second kappa shape index (κ2) is 6.44. The van der Waals surface area contributed by atoms with Gasteiger partial charge in [0.05, 0.1) is 6.04 Å². The second-order valence-corrected chi connectivity index (χ2v) is 6.17. The van der Waals surface area contributed by atoms with Gasteiger partial charge < -0.3 is 14.2 Å². The number of carbonyl (C=O) groups excluding carboxylic acids is 1. The van der Waals surface area contributed by atoms with Gasteiger partial charge in [-0.3, -0.25) is 4.79 Å². The van der Waals surface area contributed by atoms with Crippen molar-refractivity contribution in [2.45, 2.75) is 39.7 Å². The summed E-state index contributed by atoms with van der Waals surface area (Å²) in [5.41, 5.74) is 3.06. The number of hydrogen-bond donors (Lipinski definition) is 0. The molecule has 122 valence electrons. The van der Waals surface area contributed by atoms with E-state index in [1.54, 1.807) is 0 Å². The van der Waals surface area contributed by atoms with Crippen LogP contribution in [0.4, 0.5) is 0 Å². The van der Waals surface area contributed by atoms with E-state index < -0.39 is 0 Å². The van der Waals surface area contributed by atoms with E-state index in [0.717, 1.165) is 42.2 Å². The third-order valence-electron chi connectivity index (χ3n) is 4.24. The Kier molecular flexibility index (Phi) is 4.37. The van der Waals surface area contributed by atoms with E-state index in [1.807, 2.05) is 43.9 Å². The zero-order chi connectivity index (χ0) is 16.4. The summed E-state index contributed by atoms with van der Waals surface area (Å²) >= 11 is 0. The SMILES string of the molecule is Cc1ccc(OCC(=O)N2CCCC2c2cc(C)on2)c(C)c1. The normalized spacial score (nSPS) is 17.5. The molecule has 1 amide bonds. The Morgan fingerprint density at radius 1 is 1.35 bits per heavy atom. The first-order valence-electron chi connectivity index (χ1n) is 7.97. The smallest absolute Gasteiger partial charge is 0.261 e. The van der Waals surface area contributed by atoms with Crippen molar-refractivity contribution in [3.8, 4) is 5.75 Å². The maximum absolute atomic E-state index is 12.5. The first-order valence-corrected chi connectivity index (χ1v) is 7.97. The molecule has 5 heteroatoms. The van der Waals surface area contributed by atoms with Crippen LogP contribution in [0, 0.1) is 20.8 Å². The third kappa shape index (κ3) is 3.38. The molecule has 0 saturated carbocycles. The minimum atomic E-state index is -0.00636. The molecule has 1 fully saturated rings. The summed E-state index contributed by atoms with van der Waals surface area (Å²) < 4.78 is 10.9. The molecule has 0 N–H and O–H groups in total. The highest BCUT2D eigenvalue weighted by Crippen LogP contribution is 2.31. The van der Waals surface area contributed by atoms with E-state index in [4.69, 9.17) is 9.26 Å². The van der Waals surface area contributed by atoms with Crippen molar-refractivity contribution in [3.63, 3.8) is 0 Å². The molecule has 0 spiro atoms. The molecular formula is C18H22N2O3. The Bertz CT molecular complexity index is 708. The van der Waals surface area contributed by atoms with Crippen LogP contribution in [-0.2, 0) is 4.79 Å². The van der Waals surface area contributed by atoms with Gasteiger partial charge in [0.25, 0.3) is 5.91 Å². The van der Waals surface area contributed by atoms with Crippen molar-refractivity contribution in [2.24, 2.45) is 0 Å². The van der Waals surface area contributed by atoms with Crippen molar-refractivity contribution in [3.05, 3.63) is 46.8 Å². The van der Waals surface area contributed by atoms with Crippen molar-refractivity contribution in [1.82, 2.24) is 10.1 Å². The fourth-order valence-electron chi connectivity index (χ4n) is 3.10. The van der Waals surface area contributed by atoms with Gasteiger partial charge in [0.1, 0.15) is 17.2 Å². The number of likely N-dealkylation sites (tertiary alicyclic amines) is 1. The second-order valence-electron chi connectivity index (χ2n) is 6.17. The van der Waals surface area contributed by atoms with Crippen molar-refractivity contribution >= 4 is 5.91 Å². The van der Waals surface area contributed by atoms with Gasteiger partial charge in [0.2, 0.25) is 0 Å². The zero-order valence-corrected chi connectivity index (χ0v) is 13.8. The van der Waals surface area contributed by atoms with Gasteiger partial charge in [-0.2, -0.15) is 0 Å². The number of nitrogens with zero attached hydrogens (tertiary/aromatic N) is 2. The number of aromatic nitrogens is 1. The lowest BCUT2D eigenvalue weighted by Crippen LogP contribution is -2.34. The van der Waals surface area contributed by atoms with E-state index in [0.29, 0.717) is 0 Å². The van der Waals surface area contributed by atoms with Crippen molar-refractivity contribution < 1.29 is 14.1 Å². The molecule has 2 aromatic rings. The topological polar surface area (TPSA) is 55.6 Å². The van der Waals surface area contributed by atoms with Gasteiger partial charge in [-0.05, 0) is 45.2 Å². The van der Waals surface area contributed by atoms with E-state index in [9.17, 15) is 4.79 Å². The quantitative estimate of drug-likeness (QED) is 0.868. The standard InChI is InChI=1S/C18H22N2O3/c1-12-6-7-17(13(2)9-12)22-11-18(21)20-8-4-5-16(20)15-10-14(3)23-19-15/h6-7,9-10,16H,4-5,8,11H2,1-3H3. The van der Waals surface area contributed by atoms with Crippen LogP contribution in [0.2, 0.25) is 0 Å². The number of carbonyl (C=O) groups is 1. The first-order chi connectivity index (χ1) is 11.0. The predicted octanol–water partition coefficient (Wildman–Crippen LogP) is 3.34. The Morgan fingerprint density at radius 2 is 2.17 bits per heavy atom. The van der Waals surface area contributed by atoms with Crippen LogP contribution in [0.15, 0.2) is 28.8 Å². The summed E-state index contributed by atoms with van der Waals surface area (Å²) in [4.78, 5) is 14.4. The summed E-state index contributed by atoms with van der Waals surface area (Å²) in [7, 11) is 0. The summed E-state index contributed by atoms with van der Waals surface area (Å²) in [5.74, 6) is 1.52. The van der Waals surface area contributed by atoms with Crippen LogP contribution in [0.1, 0.15) is 41.5 Å². The summed E-state index contributed by atoms with van der Waals surface area (Å²) in [5, 5.41) is 4.06. The molecule has 0 aliphatic carbocycles. The molecule has 3 rings (SSSR count). The molecular weight excluding hydrogens is 292 g/mol. The highest BCUT2D eigenvalue weighted by molar-refractivity contribution is 5.78. The number of rotatable bonds is 4. The largest absolute Gasteiger partial charge is 0.483 e. The zero-order valence-electron chi connectivity index (χ0n) is 13.8. The van der Waals surface area contributed by atoms with Crippen LogP contribution in [-0.4, -0.2) is 29.1 Å². The average Bonchev–Trinajstić information content (AvgIpc) is 3.14. The Balaban J connectivity index is 1.65. The highest BCUT2D eigenvalue weighted by Gasteiger charge is 2.32. The maximum Gasteiger partial charge on any atom is 0.261 e. The fraction of sp³-hybridized carbons (Fsp3) is 0.444. The van der Waals surface area contributed by atoms with Crippen LogP contribution in [0.5, 0.6) is 5.75 Å². The van der Waals surface area contributed by atoms with E-state index >= 15 is 0 Å². The molecule has 1 aliphatic rings. The molecule has 23 heavy (non-hydrogen) atoms. The fourth-order valence-corrected chi connectivity index (χ4v) is 3.10. The molecule has 1 saturated heterocycles. The Hall–Kier alpha value is -2.30. The minimum absolute atomic E-state index is 0.00247. The molecule has 5 nitrogen and oxygen atoms in total. The highest BCUT2D eigenvalue weighted by atomic mass is 16.5. The third-order valence-corrected chi connectivity index (χ3v) is 4.24. The van der Waals surface area contributed by atoms with Crippen LogP contribution < -0.4 is 4.74 Å². The van der Waals surface area contributed by atoms with Gasteiger partial charge in [-0.15, -0.1) is 0 Å². The monoisotopic (exact) mass is 314 g/mol. The van der Waals surface area contributed by atoms with Crippen LogP contribution in [0.25, 0.3) is 0 Å². The van der Waals surface area contributed by atoms with Crippen LogP contribution in [0.3, 0.4) is 0 Å². The molecule has 0 bridgehead atoms. The Morgan fingerprint density at radius 3 is 2.87 bits per heavy atom. The van der Waals surface area contributed by atoms with Gasteiger partial charge in [-0.25, -0.2) is 0 Å². The molecule has 1 atom stereocenters. The molecule has 1 aliphatic heterocycles. The number of hydrogen-bond acceptors (Lipinski definition) is 4. The van der Waals surface area contributed by atoms with Gasteiger partial charge in [0, 0.05) is 12.6 Å². The van der Waals surface area contributed by atoms with Gasteiger partial charge in [-0.1, -0.05) is 22.9 Å². The van der Waals surface area contributed by atoms with Gasteiger partial charge >= 0.3 is 0 Å². The number of amides is 1. The van der Waals surface area contributed by atoms with E-state index in [-0.39, 0.29) is 18.6 Å². The maximum atomic E-state index is 12.5. The predicted molar refractivity (Wildman–Crippen MR) is 86.3 cm³/mol. The lowest BCUT2D eigenvalue weighted by atomic mass is 10.1. The lowest BCUT2D eigenvalue weighted by Gasteiger charge is -2.23. The van der Waals surface area contributed by atoms with Gasteiger partial charge in [0.15, 0.2) is 6.61 Å². The average molecular weight is 314 g/mol. The minimum Gasteiger partial charge on any atom is -0.483 e. The number of ether oxygens (including phenoxy) is 1. The summed E-state index contributed by atoms with van der Waals surface area (Å²) in [6.45, 7) is 6.68. The van der Waals surface area contributed by atoms with Crippen molar-refractivity contribution in [2.75, 3.05) is 13.2 Å². The molecule has 1 unspecified atom stereocenters. The Labute approximate surface area is 136 Å². The molecule has 1 aromatic heterocycles. The van der Waals surface area contributed by atoms with E-state index in [2.05, 4.69) is 11.2 Å². The lowest BCUT2D eigenvalue weighted by molar-refractivity contribution is -0.134. The molecule has 0 radical (unpaired) electrons. The van der Waals surface area contributed by atoms with Crippen molar-refractivity contribution in [1.29, 1.82) is 0 Å². The van der Waals surface area contributed by atoms with Crippen LogP contribution >= 0.6 is 0 Å². The number of benzene rings is 1. The molecule has 2 heterocycles. The summed E-state index contributed by atoms with van der Waals surface area (Å²) in [6.07, 6.45) is 1.90. The summed E-state index contributed by atoms with van der Waals surface area (Å²) in [6, 6.07) is 7.87. The first kappa shape index (κ1) is 15.6.